The zero-order valence-electron chi connectivity index (χ0n) is 21.0. The molecule has 0 aromatic heterocycles. The molecule has 3 aromatic rings. The van der Waals surface area contributed by atoms with E-state index in [4.69, 9.17) is 18.9 Å². The van der Waals surface area contributed by atoms with Crippen molar-refractivity contribution in [3.63, 3.8) is 0 Å². The van der Waals surface area contributed by atoms with Crippen molar-refractivity contribution in [2.24, 2.45) is 0 Å². The van der Waals surface area contributed by atoms with Crippen LogP contribution in [0.2, 0.25) is 0 Å². The molecule has 3 rings (SSSR count). The molecule has 0 saturated heterocycles. The number of esters is 1. The fourth-order valence-electron chi connectivity index (χ4n) is 3.66. The molecule has 0 spiro atoms. The Hall–Kier alpha value is -4.33. The Bertz CT molecular complexity index is 1160. The van der Waals surface area contributed by atoms with Gasteiger partial charge in [0.25, 0.3) is 6.47 Å². The number of hydrogen-bond acceptors (Lipinski definition) is 7. The average Bonchev–Trinajstić information content (AvgIpc) is 2.94. The number of benzene rings is 3. The molecule has 0 aliphatic carbocycles. The van der Waals surface area contributed by atoms with Crippen LogP contribution in [-0.4, -0.2) is 45.2 Å². The number of carbonyl (C=O) groups is 3. The minimum atomic E-state index is -1.08. The Morgan fingerprint density at radius 3 is 2.38 bits per heavy atom. The van der Waals surface area contributed by atoms with E-state index >= 15 is 0 Å². The Labute approximate surface area is 216 Å². The molecule has 0 aliphatic rings. The third-order valence-electron chi connectivity index (χ3n) is 5.69. The predicted octanol–water partition coefficient (Wildman–Crippen LogP) is 4.09. The first kappa shape index (κ1) is 27.3. The van der Waals surface area contributed by atoms with Gasteiger partial charge in [0.05, 0.1) is 13.7 Å². The first-order valence-electron chi connectivity index (χ1n) is 11.9. The van der Waals surface area contributed by atoms with E-state index in [1.165, 1.54) is 7.11 Å². The number of rotatable bonds is 14. The van der Waals surface area contributed by atoms with Crippen LogP contribution in [0, 0.1) is 0 Å². The molecule has 0 bridgehead atoms. The van der Waals surface area contributed by atoms with Crippen molar-refractivity contribution in [2.45, 2.75) is 32.0 Å². The largest absolute Gasteiger partial charge is 0.496 e. The number of hydrogen-bond donors (Lipinski definition) is 1. The fourth-order valence-corrected chi connectivity index (χ4v) is 3.66. The molecule has 1 atom stereocenters. The zero-order chi connectivity index (χ0) is 26.5. The highest BCUT2D eigenvalue weighted by atomic mass is 16.6. The average molecular weight is 506 g/mol. The summed E-state index contributed by atoms with van der Waals surface area (Å²) in [5.41, 5.74) is 3.60. The lowest BCUT2D eigenvalue weighted by Gasteiger charge is -2.16. The summed E-state index contributed by atoms with van der Waals surface area (Å²) in [6.07, 6.45) is 0.0678. The minimum Gasteiger partial charge on any atom is -0.496 e. The second kappa shape index (κ2) is 14.3. The van der Waals surface area contributed by atoms with Gasteiger partial charge in [-0.2, -0.15) is 0 Å². The van der Waals surface area contributed by atoms with Crippen LogP contribution in [0.5, 0.6) is 11.5 Å². The van der Waals surface area contributed by atoms with Crippen LogP contribution in [0.25, 0.3) is 11.1 Å². The van der Waals surface area contributed by atoms with Crippen molar-refractivity contribution in [3.8, 4) is 22.6 Å². The van der Waals surface area contributed by atoms with E-state index in [0.29, 0.717) is 36.5 Å². The van der Waals surface area contributed by atoms with Crippen LogP contribution < -0.4 is 14.8 Å². The van der Waals surface area contributed by atoms with E-state index < -0.39 is 12.1 Å². The van der Waals surface area contributed by atoms with Gasteiger partial charge in [0.1, 0.15) is 18.1 Å². The minimum absolute atomic E-state index is 0.0422. The van der Waals surface area contributed by atoms with E-state index in [-0.39, 0.29) is 25.4 Å². The highest BCUT2D eigenvalue weighted by molar-refractivity contribution is 5.76. The second-order valence-corrected chi connectivity index (χ2v) is 8.19. The van der Waals surface area contributed by atoms with E-state index in [1.807, 2.05) is 54.6 Å². The molecule has 194 valence electrons. The topological polar surface area (TPSA) is 100 Å². The Morgan fingerprint density at radius 1 is 0.973 bits per heavy atom. The molecule has 37 heavy (non-hydrogen) atoms. The van der Waals surface area contributed by atoms with E-state index in [1.54, 1.807) is 25.2 Å². The van der Waals surface area contributed by atoms with Crippen LogP contribution in [0.15, 0.2) is 72.8 Å². The molecule has 0 fully saturated rings. The standard InChI is InChI=1S/C29H31NO7/c1-30-28(32)9-6-16-35-25-15-14-24(26(18-25)34-2)19-36-29(33)27(37-20-31)17-21-10-12-23(13-11-21)22-7-4-3-5-8-22/h3-5,7-8,10-15,18,20,27H,6,9,16-17,19H2,1-2H3,(H,30,32). The highest BCUT2D eigenvalue weighted by Crippen LogP contribution is 2.26. The van der Waals surface area contributed by atoms with Crippen molar-refractivity contribution in [2.75, 3.05) is 20.8 Å². The van der Waals surface area contributed by atoms with Crippen molar-refractivity contribution in [1.29, 1.82) is 0 Å². The summed E-state index contributed by atoms with van der Waals surface area (Å²) in [4.78, 5) is 35.1. The Kier molecular flexibility index (Phi) is 10.5. The van der Waals surface area contributed by atoms with Crippen LogP contribution in [0.1, 0.15) is 24.0 Å². The van der Waals surface area contributed by atoms with Crippen molar-refractivity contribution < 1.29 is 33.3 Å². The molecule has 1 N–H and O–H groups in total. The summed E-state index contributed by atoms with van der Waals surface area (Å²) >= 11 is 0. The normalized spacial score (nSPS) is 11.2. The smallest absolute Gasteiger partial charge is 0.348 e. The molecule has 0 radical (unpaired) electrons. The number of nitrogens with one attached hydrogen (secondary N) is 1. The van der Waals surface area contributed by atoms with Gasteiger partial charge in [0.15, 0.2) is 0 Å². The summed E-state index contributed by atoms with van der Waals surface area (Å²) in [6.45, 7) is 0.563. The molecule has 0 saturated carbocycles. The predicted molar refractivity (Wildman–Crippen MR) is 138 cm³/mol. The van der Waals surface area contributed by atoms with Crippen LogP contribution in [-0.2, 0) is 36.9 Å². The lowest BCUT2D eigenvalue weighted by molar-refractivity contribution is -0.162. The maximum atomic E-state index is 12.7. The van der Waals surface area contributed by atoms with Gasteiger partial charge in [-0.15, -0.1) is 0 Å². The molecule has 0 heterocycles. The number of ether oxygens (including phenoxy) is 4. The fraction of sp³-hybridized carbons (Fsp3) is 0.276. The lowest BCUT2D eigenvalue weighted by Crippen LogP contribution is -2.28. The van der Waals surface area contributed by atoms with Crippen molar-refractivity contribution >= 4 is 18.3 Å². The summed E-state index contributed by atoms with van der Waals surface area (Å²) in [7, 11) is 3.10. The van der Waals surface area contributed by atoms with Gasteiger partial charge in [-0.25, -0.2) is 4.79 Å². The van der Waals surface area contributed by atoms with Crippen LogP contribution in [0.3, 0.4) is 0 Å². The molecular weight excluding hydrogens is 474 g/mol. The van der Waals surface area contributed by atoms with Crippen LogP contribution in [0.4, 0.5) is 0 Å². The van der Waals surface area contributed by atoms with Crippen LogP contribution >= 0.6 is 0 Å². The maximum Gasteiger partial charge on any atom is 0.348 e. The van der Waals surface area contributed by atoms with Gasteiger partial charge in [-0.05, 0) is 35.2 Å². The van der Waals surface area contributed by atoms with Gasteiger partial charge < -0.3 is 24.3 Å². The van der Waals surface area contributed by atoms with Crippen molar-refractivity contribution in [3.05, 3.63) is 83.9 Å². The van der Waals surface area contributed by atoms with E-state index in [0.717, 1.165) is 16.7 Å². The van der Waals surface area contributed by atoms with Gasteiger partial charge in [-0.1, -0.05) is 54.6 Å². The summed E-state index contributed by atoms with van der Waals surface area (Å²) in [6, 6.07) is 22.8. The summed E-state index contributed by atoms with van der Waals surface area (Å²) in [5, 5.41) is 2.57. The SMILES string of the molecule is CNC(=O)CCCOc1ccc(COC(=O)C(Cc2ccc(-c3ccccc3)cc2)OC=O)c(OC)c1. The number of methoxy groups -OCH3 is 1. The first-order chi connectivity index (χ1) is 18.0. The van der Waals surface area contributed by atoms with E-state index in [2.05, 4.69) is 5.32 Å². The van der Waals surface area contributed by atoms with Gasteiger partial charge in [0, 0.05) is 31.5 Å². The molecular formula is C29H31NO7. The second-order valence-electron chi connectivity index (χ2n) is 8.19. The third-order valence-corrected chi connectivity index (χ3v) is 5.69. The first-order valence-corrected chi connectivity index (χ1v) is 11.9. The number of amides is 1. The lowest BCUT2D eigenvalue weighted by atomic mass is 10.0. The molecule has 8 nitrogen and oxygen atoms in total. The maximum absolute atomic E-state index is 12.7. The molecule has 1 unspecified atom stereocenters. The molecule has 8 heteroatoms. The quantitative estimate of drug-likeness (QED) is 0.200. The Balaban J connectivity index is 1.56. The number of carbonyl (C=O) groups excluding carboxylic acids is 3. The summed E-state index contributed by atoms with van der Waals surface area (Å²) in [5.74, 6) is 0.362. The third kappa shape index (κ3) is 8.38. The molecule has 3 aromatic carbocycles. The zero-order valence-corrected chi connectivity index (χ0v) is 21.0. The highest BCUT2D eigenvalue weighted by Gasteiger charge is 2.23. The summed E-state index contributed by atoms with van der Waals surface area (Å²) < 4.78 is 21.6. The Morgan fingerprint density at radius 2 is 1.70 bits per heavy atom. The van der Waals surface area contributed by atoms with E-state index in [9.17, 15) is 14.4 Å². The molecule has 1 amide bonds. The van der Waals surface area contributed by atoms with Crippen molar-refractivity contribution in [1.82, 2.24) is 5.32 Å². The van der Waals surface area contributed by atoms with Gasteiger partial charge >= 0.3 is 5.97 Å². The monoisotopic (exact) mass is 505 g/mol. The molecule has 0 aliphatic heterocycles. The van der Waals surface area contributed by atoms with Gasteiger partial charge in [-0.3, -0.25) is 9.59 Å². The van der Waals surface area contributed by atoms with Gasteiger partial charge in [0.2, 0.25) is 12.0 Å².